The van der Waals surface area contributed by atoms with Crippen LogP contribution >= 0.6 is 0 Å². The van der Waals surface area contributed by atoms with Crippen LogP contribution in [-0.2, 0) is 4.79 Å². The fourth-order valence-corrected chi connectivity index (χ4v) is 3.57. The van der Waals surface area contributed by atoms with E-state index in [-0.39, 0.29) is 11.8 Å². The lowest BCUT2D eigenvalue weighted by molar-refractivity contribution is -0.116. The molecule has 1 aliphatic rings. The van der Waals surface area contributed by atoms with Gasteiger partial charge in [0.1, 0.15) is 5.82 Å². The van der Waals surface area contributed by atoms with Crippen LogP contribution in [0.2, 0.25) is 0 Å². The van der Waals surface area contributed by atoms with E-state index in [9.17, 15) is 4.79 Å². The van der Waals surface area contributed by atoms with Gasteiger partial charge in [0.25, 0.3) is 0 Å². The Labute approximate surface area is 157 Å². The van der Waals surface area contributed by atoms with Crippen molar-refractivity contribution in [1.82, 2.24) is 9.78 Å². The summed E-state index contributed by atoms with van der Waals surface area (Å²) in [6.45, 7) is 2.04. The number of nitrogens with one attached hydrogen (secondary N) is 1. The topological polar surface area (TPSA) is 65.4 Å². The van der Waals surface area contributed by atoms with Crippen LogP contribution in [0, 0.1) is 6.92 Å². The largest absolute Gasteiger partial charge is 0.493 e. The van der Waals surface area contributed by atoms with Gasteiger partial charge in [0, 0.05) is 23.5 Å². The molecule has 0 saturated heterocycles. The summed E-state index contributed by atoms with van der Waals surface area (Å²) < 4.78 is 12.8. The number of carbonyl (C=O) groups is 1. The van der Waals surface area contributed by atoms with Crippen LogP contribution in [0.5, 0.6) is 11.5 Å². The van der Waals surface area contributed by atoms with Crippen molar-refractivity contribution in [2.45, 2.75) is 19.3 Å². The van der Waals surface area contributed by atoms with Crippen molar-refractivity contribution in [2.24, 2.45) is 0 Å². The Morgan fingerprint density at radius 1 is 1.07 bits per heavy atom. The van der Waals surface area contributed by atoms with Gasteiger partial charge in [-0.3, -0.25) is 4.79 Å². The molecule has 0 saturated carbocycles. The molecule has 0 spiro atoms. The molecule has 6 heteroatoms. The van der Waals surface area contributed by atoms with Crippen LogP contribution in [0.15, 0.2) is 48.7 Å². The molecular formula is C21H21N3O3. The van der Waals surface area contributed by atoms with Crippen molar-refractivity contribution >= 4 is 11.7 Å². The third-order valence-corrected chi connectivity index (χ3v) is 4.91. The zero-order chi connectivity index (χ0) is 19.0. The van der Waals surface area contributed by atoms with Crippen LogP contribution in [0.1, 0.15) is 29.0 Å². The van der Waals surface area contributed by atoms with Gasteiger partial charge in [-0.2, -0.15) is 5.10 Å². The number of hydrogen-bond acceptors (Lipinski definition) is 4. The van der Waals surface area contributed by atoms with Gasteiger partial charge in [-0.1, -0.05) is 29.8 Å². The summed E-state index contributed by atoms with van der Waals surface area (Å²) in [4.78, 5) is 12.5. The highest BCUT2D eigenvalue weighted by molar-refractivity contribution is 5.94. The van der Waals surface area contributed by atoms with Crippen LogP contribution in [-0.4, -0.2) is 29.9 Å². The van der Waals surface area contributed by atoms with Gasteiger partial charge in [-0.05, 0) is 25.1 Å². The molecule has 0 bridgehead atoms. The van der Waals surface area contributed by atoms with Crippen molar-refractivity contribution in [3.63, 3.8) is 0 Å². The Morgan fingerprint density at radius 2 is 1.85 bits per heavy atom. The van der Waals surface area contributed by atoms with Gasteiger partial charge in [0.05, 0.1) is 26.1 Å². The van der Waals surface area contributed by atoms with E-state index in [2.05, 4.69) is 10.4 Å². The van der Waals surface area contributed by atoms with E-state index in [1.807, 2.05) is 55.6 Å². The number of fused-ring (bicyclic) bond motifs is 1. The number of para-hydroxylation sites is 1. The van der Waals surface area contributed by atoms with Gasteiger partial charge in [0.2, 0.25) is 5.91 Å². The zero-order valence-corrected chi connectivity index (χ0v) is 15.5. The van der Waals surface area contributed by atoms with E-state index in [1.165, 1.54) is 5.56 Å². The first-order valence-electron chi connectivity index (χ1n) is 8.78. The summed E-state index contributed by atoms with van der Waals surface area (Å²) >= 11 is 0. The number of aromatic nitrogens is 2. The second kappa shape index (κ2) is 6.79. The van der Waals surface area contributed by atoms with Gasteiger partial charge in [-0.15, -0.1) is 0 Å². The van der Waals surface area contributed by atoms with Crippen molar-refractivity contribution in [3.8, 4) is 17.2 Å². The average Bonchev–Trinajstić information content (AvgIpc) is 3.11. The first kappa shape index (κ1) is 17.1. The third kappa shape index (κ3) is 2.93. The molecular weight excluding hydrogens is 342 g/mol. The zero-order valence-electron chi connectivity index (χ0n) is 15.5. The Hall–Kier alpha value is -3.28. The predicted molar refractivity (Wildman–Crippen MR) is 103 cm³/mol. The van der Waals surface area contributed by atoms with Crippen molar-refractivity contribution in [1.29, 1.82) is 0 Å². The molecule has 1 aromatic heterocycles. The Kier molecular flexibility index (Phi) is 4.32. The number of amides is 1. The molecule has 138 valence electrons. The average molecular weight is 363 g/mol. The number of hydrogen-bond donors (Lipinski definition) is 1. The quantitative estimate of drug-likeness (QED) is 0.768. The fraction of sp³-hybridized carbons (Fsp3) is 0.238. The molecule has 1 atom stereocenters. The van der Waals surface area contributed by atoms with Gasteiger partial charge in [-0.25, -0.2) is 4.68 Å². The Bertz CT molecular complexity index is 992. The number of benzene rings is 2. The van der Waals surface area contributed by atoms with Crippen LogP contribution in [0.25, 0.3) is 5.69 Å². The number of methoxy groups -OCH3 is 2. The smallest absolute Gasteiger partial charge is 0.226 e. The second-order valence-electron chi connectivity index (χ2n) is 6.58. The summed E-state index contributed by atoms with van der Waals surface area (Å²) in [6, 6.07) is 13.8. The van der Waals surface area contributed by atoms with Crippen LogP contribution in [0.3, 0.4) is 0 Å². The lowest BCUT2D eigenvalue weighted by atomic mass is 9.86. The van der Waals surface area contributed by atoms with E-state index < -0.39 is 0 Å². The van der Waals surface area contributed by atoms with Crippen LogP contribution in [0.4, 0.5) is 5.82 Å². The molecule has 3 aromatic rings. The highest BCUT2D eigenvalue weighted by atomic mass is 16.5. The highest BCUT2D eigenvalue weighted by Crippen LogP contribution is 2.44. The predicted octanol–water partition coefficient (Wildman–Crippen LogP) is 3.67. The summed E-state index contributed by atoms with van der Waals surface area (Å²) in [5.74, 6) is 1.79. The van der Waals surface area contributed by atoms with Crippen LogP contribution < -0.4 is 14.8 Å². The number of anilines is 1. The van der Waals surface area contributed by atoms with E-state index in [1.54, 1.807) is 18.9 Å². The summed E-state index contributed by atoms with van der Waals surface area (Å²) in [6.07, 6.45) is 2.15. The van der Waals surface area contributed by atoms with Crippen molar-refractivity contribution in [3.05, 3.63) is 65.4 Å². The maximum Gasteiger partial charge on any atom is 0.226 e. The number of aryl methyl sites for hydroxylation is 1. The fourth-order valence-electron chi connectivity index (χ4n) is 3.57. The van der Waals surface area contributed by atoms with E-state index in [4.69, 9.17) is 9.47 Å². The lowest BCUT2D eigenvalue weighted by Gasteiger charge is -2.25. The molecule has 2 heterocycles. The van der Waals surface area contributed by atoms with Gasteiger partial charge >= 0.3 is 0 Å². The second-order valence-corrected chi connectivity index (χ2v) is 6.58. The minimum absolute atomic E-state index is 0.0498. The monoisotopic (exact) mass is 363 g/mol. The Morgan fingerprint density at radius 3 is 2.56 bits per heavy atom. The summed E-state index contributed by atoms with van der Waals surface area (Å²) in [5, 5.41) is 7.51. The summed E-state index contributed by atoms with van der Waals surface area (Å²) in [5.41, 5.74) is 3.95. The number of ether oxygens (including phenoxy) is 2. The molecule has 0 aliphatic carbocycles. The third-order valence-electron chi connectivity index (χ3n) is 4.91. The normalized spacial score (nSPS) is 15.8. The van der Waals surface area contributed by atoms with E-state index in [0.717, 1.165) is 16.8 Å². The van der Waals surface area contributed by atoms with Gasteiger partial charge in [0.15, 0.2) is 11.5 Å². The highest BCUT2D eigenvalue weighted by Gasteiger charge is 2.32. The minimum atomic E-state index is -0.155. The van der Waals surface area contributed by atoms with E-state index >= 15 is 0 Å². The Balaban J connectivity index is 1.84. The molecule has 4 rings (SSSR count). The maximum absolute atomic E-state index is 12.5. The van der Waals surface area contributed by atoms with E-state index in [0.29, 0.717) is 23.7 Å². The molecule has 2 aromatic carbocycles. The first-order chi connectivity index (χ1) is 13.1. The standard InChI is InChI=1S/C21H21N3O3/c1-13-7-9-14(10-8-13)24-21-17(12-22-24)16(11-19(25)23-21)15-5-4-6-18(26-2)20(15)27-3/h4-10,12,16H,11H2,1-3H3,(H,23,25)/t16-/m0/s1. The summed E-state index contributed by atoms with van der Waals surface area (Å²) in [7, 11) is 3.22. The molecule has 6 nitrogen and oxygen atoms in total. The molecule has 27 heavy (non-hydrogen) atoms. The number of carbonyl (C=O) groups excluding carboxylic acids is 1. The number of rotatable bonds is 4. The molecule has 0 radical (unpaired) electrons. The molecule has 1 aliphatic heterocycles. The van der Waals surface area contributed by atoms with Gasteiger partial charge < -0.3 is 14.8 Å². The lowest BCUT2D eigenvalue weighted by Crippen LogP contribution is -2.24. The first-order valence-corrected chi connectivity index (χ1v) is 8.78. The molecule has 1 N–H and O–H groups in total. The van der Waals surface area contributed by atoms with Crippen molar-refractivity contribution in [2.75, 3.05) is 19.5 Å². The van der Waals surface area contributed by atoms with Crippen molar-refractivity contribution < 1.29 is 14.3 Å². The maximum atomic E-state index is 12.5. The molecule has 0 fully saturated rings. The SMILES string of the molecule is COc1cccc([C@@H]2CC(=O)Nc3c2cnn3-c2ccc(C)cc2)c1OC. The number of nitrogens with zero attached hydrogens (tertiary/aromatic N) is 2. The molecule has 0 unspecified atom stereocenters. The minimum Gasteiger partial charge on any atom is -0.493 e. The molecule has 1 amide bonds.